The van der Waals surface area contributed by atoms with Crippen molar-refractivity contribution < 1.29 is 9.05 Å². The Bertz CT molecular complexity index is 350. The van der Waals surface area contributed by atoms with Gasteiger partial charge in [-0.2, -0.15) is 5.26 Å². The molecule has 4 nitrogen and oxygen atoms in total. The van der Waals surface area contributed by atoms with E-state index in [0.717, 1.165) is 0 Å². The Balaban J connectivity index is 2.02. The molecule has 21 heavy (non-hydrogen) atoms. The van der Waals surface area contributed by atoms with Crippen molar-refractivity contribution >= 4 is 30.1 Å². The molecule has 1 saturated carbocycles. The number of hydrogen-bond acceptors (Lipinski definition) is 6. The van der Waals surface area contributed by atoms with Gasteiger partial charge >= 0.3 is 0 Å². The van der Waals surface area contributed by atoms with E-state index in [1.807, 2.05) is 21.6 Å². The highest BCUT2D eigenvalue weighted by Gasteiger charge is 2.47. The van der Waals surface area contributed by atoms with Gasteiger partial charge in [0.25, 0.3) is 8.53 Å². The minimum absolute atomic E-state index is 0.313. The van der Waals surface area contributed by atoms with Crippen LogP contribution in [0.4, 0.5) is 0 Å². The van der Waals surface area contributed by atoms with Gasteiger partial charge in [0.05, 0.1) is 25.2 Å². The van der Waals surface area contributed by atoms with Crippen molar-refractivity contribution in [2.24, 2.45) is 0 Å². The predicted octanol–water partition coefficient (Wildman–Crippen LogP) is 4.57. The molecule has 1 saturated heterocycles. The zero-order valence-electron chi connectivity index (χ0n) is 13.2. The first kappa shape index (κ1) is 17.8. The summed E-state index contributed by atoms with van der Waals surface area (Å²) < 4.78 is 14.7. The maximum atomic E-state index is 8.73. The summed E-state index contributed by atoms with van der Waals surface area (Å²) in [5.74, 6) is 0. The Morgan fingerprint density at radius 3 is 2.19 bits per heavy atom. The molecule has 2 fully saturated rings. The third-order valence-electron chi connectivity index (χ3n) is 3.65. The van der Waals surface area contributed by atoms with Crippen LogP contribution in [0.15, 0.2) is 0 Å². The van der Waals surface area contributed by atoms with Crippen molar-refractivity contribution in [3.63, 3.8) is 0 Å². The summed E-state index contributed by atoms with van der Waals surface area (Å²) in [6.45, 7) is 9.18. The lowest BCUT2D eigenvalue weighted by atomic mass is 10.3. The van der Waals surface area contributed by atoms with Gasteiger partial charge in [-0.3, -0.25) is 0 Å². The van der Waals surface area contributed by atoms with E-state index in [1.165, 1.54) is 12.8 Å². The minimum Gasteiger partial charge on any atom is -0.321 e. The monoisotopic (exact) mass is 348 g/mol. The molecule has 1 heterocycles. The largest absolute Gasteiger partial charge is 0.321 e. The van der Waals surface area contributed by atoms with Gasteiger partial charge in [-0.25, -0.2) is 4.67 Å². The fourth-order valence-electron chi connectivity index (χ4n) is 2.78. The Labute approximate surface area is 137 Å². The summed E-state index contributed by atoms with van der Waals surface area (Å²) >= 11 is 0. The number of nitrogens with zero attached hydrogens (tertiary/aromatic N) is 2. The molecule has 0 N–H and O–H groups in total. The summed E-state index contributed by atoms with van der Waals surface area (Å²) in [6.07, 6.45) is 3.26. The van der Waals surface area contributed by atoms with E-state index in [0.29, 0.717) is 41.7 Å². The lowest BCUT2D eigenvalue weighted by molar-refractivity contribution is 0.141. The van der Waals surface area contributed by atoms with Gasteiger partial charge in [-0.1, -0.05) is 21.6 Å². The zero-order chi connectivity index (χ0) is 15.4. The first-order valence-electron chi connectivity index (χ1n) is 7.61. The molecule has 7 heteroatoms. The van der Waals surface area contributed by atoms with Crippen LogP contribution in [-0.2, 0) is 9.05 Å². The molecule has 0 spiro atoms. The molecule has 0 aromatic carbocycles. The van der Waals surface area contributed by atoms with Gasteiger partial charge < -0.3 is 9.05 Å². The minimum atomic E-state index is -1.08. The topological polar surface area (TPSA) is 45.5 Å². The maximum Gasteiger partial charge on any atom is 0.259 e. The number of fused-ring (bicyclic) bond motifs is 2. The van der Waals surface area contributed by atoms with Crippen LogP contribution in [0, 0.1) is 11.3 Å². The van der Waals surface area contributed by atoms with Crippen molar-refractivity contribution in [1.82, 2.24) is 4.67 Å². The maximum absolute atomic E-state index is 8.73. The van der Waals surface area contributed by atoms with Crippen LogP contribution in [0.2, 0.25) is 0 Å². The average molecular weight is 348 g/mol. The zero-order valence-corrected chi connectivity index (χ0v) is 15.7. The van der Waals surface area contributed by atoms with E-state index in [1.54, 1.807) is 0 Å². The van der Waals surface area contributed by atoms with Gasteiger partial charge in [0.2, 0.25) is 0 Å². The van der Waals surface area contributed by atoms with E-state index >= 15 is 0 Å². The average Bonchev–Trinajstić information content (AvgIpc) is 2.97. The van der Waals surface area contributed by atoms with Crippen molar-refractivity contribution in [3.05, 3.63) is 0 Å². The summed E-state index contributed by atoms with van der Waals surface area (Å²) in [6, 6.07) is 2.89. The van der Waals surface area contributed by atoms with Crippen LogP contribution in [0.25, 0.3) is 0 Å². The lowest BCUT2D eigenvalue weighted by Crippen LogP contribution is -2.36. The van der Waals surface area contributed by atoms with Crippen LogP contribution in [-0.4, -0.2) is 40.0 Å². The van der Waals surface area contributed by atoms with E-state index < -0.39 is 8.53 Å². The van der Waals surface area contributed by atoms with Crippen LogP contribution in [0.1, 0.15) is 47.0 Å². The number of nitriles is 1. The molecule has 2 rings (SSSR count). The lowest BCUT2D eigenvalue weighted by Gasteiger charge is -2.37. The van der Waals surface area contributed by atoms with Gasteiger partial charge in [0.15, 0.2) is 0 Å². The molecule has 2 bridgehead atoms. The van der Waals surface area contributed by atoms with E-state index in [2.05, 4.69) is 38.4 Å². The fourth-order valence-corrected chi connectivity index (χ4v) is 8.40. The molecule has 3 atom stereocenters. The molecule has 0 amide bonds. The fraction of sp³-hybridized carbons (Fsp3) is 0.929. The molecular weight excluding hydrogens is 323 g/mol. The van der Waals surface area contributed by atoms with Gasteiger partial charge in [0, 0.05) is 22.6 Å². The van der Waals surface area contributed by atoms with E-state index in [4.69, 9.17) is 14.3 Å². The summed E-state index contributed by atoms with van der Waals surface area (Å²) in [7, 11) is 2.87. The molecular formula is C14H25N2O2PS2. The van der Waals surface area contributed by atoms with Gasteiger partial charge in [-0.05, 0) is 40.5 Å². The molecule has 3 unspecified atom stereocenters. The normalized spacial score (nSPS) is 29.5. The Kier molecular flexibility index (Phi) is 7.12. The number of hydrogen-bond donors (Lipinski definition) is 0. The van der Waals surface area contributed by atoms with Crippen molar-refractivity contribution in [2.45, 2.75) is 75.6 Å². The van der Waals surface area contributed by atoms with Crippen LogP contribution in [0.5, 0.6) is 0 Å². The van der Waals surface area contributed by atoms with Crippen LogP contribution < -0.4 is 0 Å². The number of rotatable bonds is 8. The highest BCUT2D eigenvalue weighted by atomic mass is 33.1. The Hall–Kier alpha value is 0.500. The summed E-state index contributed by atoms with van der Waals surface area (Å²) in [5.41, 5.74) is 0. The molecule has 2 aliphatic rings. The van der Waals surface area contributed by atoms with Gasteiger partial charge in [0.1, 0.15) is 0 Å². The van der Waals surface area contributed by atoms with Crippen LogP contribution >= 0.6 is 30.1 Å². The molecule has 1 aliphatic heterocycles. The highest BCUT2D eigenvalue weighted by molar-refractivity contribution is 8.77. The first-order chi connectivity index (χ1) is 10.0. The quantitative estimate of drug-likeness (QED) is 0.364. The van der Waals surface area contributed by atoms with E-state index in [-0.39, 0.29) is 0 Å². The molecule has 0 aromatic rings. The Morgan fingerprint density at radius 1 is 1.19 bits per heavy atom. The van der Waals surface area contributed by atoms with Gasteiger partial charge in [-0.15, -0.1) is 0 Å². The molecule has 0 aromatic heterocycles. The SMILES string of the molecule is CC(C)N(C(C)C)P(OCCC#N)OC1C2CCC1SS2. The standard InChI is InChI=1S/C14H25N2O2PS2/c1-10(2)16(11(3)4)19(17-9-5-8-15)18-14-12-6-7-13(14)21-20-12/h10-14H,5-7,9H2,1-4H3. The van der Waals surface area contributed by atoms with E-state index in [9.17, 15) is 0 Å². The predicted molar refractivity (Wildman–Crippen MR) is 92.1 cm³/mol. The second kappa shape index (κ2) is 8.38. The summed E-state index contributed by atoms with van der Waals surface area (Å²) in [5, 5.41) is 9.96. The third kappa shape index (κ3) is 4.50. The second-order valence-corrected chi connectivity index (χ2v) is 10.1. The second-order valence-electron chi connectivity index (χ2n) is 5.96. The van der Waals surface area contributed by atoms with Crippen molar-refractivity contribution in [2.75, 3.05) is 6.61 Å². The smallest absolute Gasteiger partial charge is 0.259 e. The van der Waals surface area contributed by atoms with Crippen molar-refractivity contribution in [3.8, 4) is 6.07 Å². The highest BCUT2D eigenvalue weighted by Crippen LogP contribution is 2.59. The first-order valence-corrected chi connectivity index (χ1v) is 11.0. The van der Waals surface area contributed by atoms with Crippen molar-refractivity contribution in [1.29, 1.82) is 5.26 Å². The molecule has 120 valence electrons. The molecule has 0 radical (unpaired) electrons. The third-order valence-corrected chi connectivity index (χ3v) is 9.20. The summed E-state index contributed by atoms with van der Waals surface area (Å²) in [4.78, 5) is 0. The molecule has 1 aliphatic carbocycles. The Morgan fingerprint density at radius 2 is 1.76 bits per heavy atom. The van der Waals surface area contributed by atoms with Crippen LogP contribution in [0.3, 0.4) is 0 Å².